The van der Waals surface area contributed by atoms with Crippen molar-refractivity contribution in [3.05, 3.63) is 39.0 Å². The van der Waals surface area contributed by atoms with Crippen molar-refractivity contribution in [2.45, 2.75) is 6.30 Å². The molecule has 0 spiro atoms. The molecule has 0 aliphatic carbocycles. The molecule has 0 atom stereocenters. The molecule has 1 aromatic heterocycles. The number of nitro benzene ring substituents is 1. The molecule has 0 amide bonds. The number of fused-ring (bicyclic) bond motifs is 1. The van der Waals surface area contributed by atoms with Crippen LogP contribution in [0.25, 0.3) is 10.9 Å². The molecule has 1 aromatic carbocycles. The van der Waals surface area contributed by atoms with Gasteiger partial charge in [0.2, 0.25) is 0 Å². The van der Waals surface area contributed by atoms with Crippen molar-refractivity contribution >= 4 is 32.5 Å². The quantitative estimate of drug-likeness (QED) is 0.594. The zero-order valence-electron chi connectivity index (χ0n) is 8.03. The second-order valence-electron chi connectivity index (χ2n) is 3.27. The molecular formula is C9H4BrF3N2O2. The number of benzene rings is 1. The van der Waals surface area contributed by atoms with Crippen LogP contribution in [0.4, 0.5) is 18.9 Å². The predicted octanol–water partition coefficient (Wildman–Crippen LogP) is 3.79. The van der Waals surface area contributed by atoms with Gasteiger partial charge in [-0.3, -0.25) is 14.7 Å². The van der Waals surface area contributed by atoms with Crippen LogP contribution in [0.3, 0.4) is 0 Å². The van der Waals surface area contributed by atoms with Gasteiger partial charge in [-0.15, -0.1) is 13.2 Å². The second-order valence-corrected chi connectivity index (χ2v) is 4.13. The Balaban J connectivity index is 2.74. The number of nitrogens with zero attached hydrogens (tertiary/aromatic N) is 2. The van der Waals surface area contributed by atoms with E-state index < -0.39 is 11.2 Å². The summed E-state index contributed by atoms with van der Waals surface area (Å²) in [7, 11) is 0. The van der Waals surface area contributed by atoms with E-state index in [0.717, 1.165) is 24.4 Å². The summed E-state index contributed by atoms with van der Waals surface area (Å²) in [5, 5.41) is 10.7. The van der Waals surface area contributed by atoms with Crippen LogP contribution in [0.1, 0.15) is 0 Å². The topological polar surface area (TPSA) is 48.1 Å². The average molecular weight is 309 g/mol. The summed E-state index contributed by atoms with van der Waals surface area (Å²) in [6.07, 6.45) is -3.71. The Labute approximate surface area is 101 Å². The number of hydrogen-bond acceptors (Lipinski definition) is 2. The Kier molecular flexibility index (Phi) is 2.61. The van der Waals surface area contributed by atoms with Gasteiger partial charge in [-0.05, 0) is 22.0 Å². The van der Waals surface area contributed by atoms with Crippen LogP contribution in [-0.4, -0.2) is 9.49 Å². The maximum atomic E-state index is 12.6. The van der Waals surface area contributed by atoms with Gasteiger partial charge in [0.1, 0.15) is 0 Å². The third-order valence-electron chi connectivity index (χ3n) is 2.22. The summed E-state index contributed by atoms with van der Waals surface area (Å²) in [6, 6.07) is 3.21. The van der Waals surface area contributed by atoms with Crippen LogP contribution in [0.2, 0.25) is 0 Å². The summed E-state index contributed by atoms with van der Waals surface area (Å²) in [5.74, 6) is 0. The van der Waals surface area contributed by atoms with Crippen molar-refractivity contribution in [1.82, 2.24) is 4.57 Å². The minimum Gasteiger partial charge on any atom is -0.258 e. The summed E-state index contributed by atoms with van der Waals surface area (Å²) in [5.41, 5.74) is -0.381. The highest BCUT2D eigenvalue weighted by atomic mass is 79.9. The number of alkyl halides is 3. The third-order valence-corrected chi connectivity index (χ3v) is 2.86. The van der Waals surface area contributed by atoms with Crippen LogP contribution < -0.4 is 0 Å². The SMILES string of the molecule is O=[N+]([O-])c1ccc2c(c1)c(Br)cn2C(F)(F)F. The lowest BCUT2D eigenvalue weighted by atomic mass is 10.2. The zero-order chi connectivity index (χ0) is 12.8. The first kappa shape index (κ1) is 11.9. The van der Waals surface area contributed by atoms with E-state index in [4.69, 9.17) is 0 Å². The van der Waals surface area contributed by atoms with Gasteiger partial charge < -0.3 is 0 Å². The highest BCUT2D eigenvalue weighted by Crippen LogP contribution is 2.35. The van der Waals surface area contributed by atoms with E-state index in [2.05, 4.69) is 15.9 Å². The maximum Gasteiger partial charge on any atom is 0.488 e. The van der Waals surface area contributed by atoms with Crippen LogP contribution in [0.15, 0.2) is 28.9 Å². The van der Waals surface area contributed by atoms with Crippen LogP contribution >= 0.6 is 15.9 Å². The summed E-state index contributed by atoms with van der Waals surface area (Å²) >= 11 is 2.95. The van der Waals surface area contributed by atoms with Crippen molar-refractivity contribution in [2.75, 3.05) is 0 Å². The van der Waals surface area contributed by atoms with Crippen molar-refractivity contribution in [1.29, 1.82) is 0 Å². The molecular weight excluding hydrogens is 305 g/mol. The molecule has 0 N–H and O–H groups in total. The van der Waals surface area contributed by atoms with E-state index in [0.29, 0.717) is 0 Å². The van der Waals surface area contributed by atoms with Crippen LogP contribution in [0, 0.1) is 10.1 Å². The minimum atomic E-state index is -4.56. The van der Waals surface area contributed by atoms with Crippen molar-refractivity contribution in [3.8, 4) is 0 Å². The van der Waals surface area contributed by atoms with Gasteiger partial charge >= 0.3 is 6.30 Å². The average Bonchev–Trinajstić information content (AvgIpc) is 2.55. The largest absolute Gasteiger partial charge is 0.488 e. The first-order valence-electron chi connectivity index (χ1n) is 4.33. The molecule has 8 heteroatoms. The summed E-state index contributed by atoms with van der Waals surface area (Å²) in [6.45, 7) is 0. The second kappa shape index (κ2) is 3.73. The Morgan fingerprint density at radius 3 is 2.53 bits per heavy atom. The molecule has 2 rings (SSSR count). The van der Waals surface area contributed by atoms with Gasteiger partial charge in [0, 0.05) is 28.2 Å². The minimum absolute atomic E-state index is 0.107. The third kappa shape index (κ3) is 1.99. The standard InChI is InChI=1S/C9H4BrF3N2O2/c10-7-4-14(9(11,12)13)8-2-1-5(15(16)17)3-6(7)8/h1-4H. The molecule has 0 saturated heterocycles. The fourth-order valence-electron chi connectivity index (χ4n) is 1.50. The van der Waals surface area contributed by atoms with Gasteiger partial charge in [0.15, 0.2) is 0 Å². The lowest BCUT2D eigenvalue weighted by Gasteiger charge is -2.08. The van der Waals surface area contributed by atoms with E-state index in [-0.39, 0.29) is 25.6 Å². The van der Waals surface area contributed by atoms with E-state index >= 15 is 0 Å². The lowest BCUT2D eigenvalue weighted by molar-refractivity contribution is -0.384. The Morgan fingerprint density at radius 2 is 2.00 bits per heavy atom. The fourth-order valence-corrected chi connectivity index (χ4v) is 2.02. The molecule has 0 unspecified atom stereocenters. The number of aromatic nitrogens is 1. The maximum absolute atomic E-state index is 12.6. The van der Waals surface area contributed by atoms with E-state index in [1.165, 1.54) is 0 Å². The summed E-state index contributed by atoms with van der Waals surface area (Å²) in [4.78, 5) is 9.86. The van der Waals surface area contributed by atoms with Gasteiger partial charge in [-0.1, -0.05) is 0 Å². The number of hydrogen-bond donors (Lipinski definition) is 0. The van der Waals surface area contributed by atoms with Gasteiger partial charge in [0.25, 0.3) is 5.69 Å². The molecule has 17 heavy (non-hydrogen) atoms. The van der Waals surface area contributed by atoms with E-state index in [9.17, 15) is 23.3 Å². The molecule has 0 radical (unpaired) electrons. The Morgan fingerprint density at radius 1 is 1.35 bits per heavy atom. The first-order chi connectivity index (χ1) is 7.80. The number of halogens is 4. The molecule has 0 bridgehead atoms. The summed E-state index contributed by atoms with van der Waals surface area (Å²) < 4.78 is 38.1. The smallest absolute Gasteiger partial charge is 0.258 e. The highest BCUT2D eigenvalue weighted by Gasteiger charge is 2.32. The molecule has 0 aliphatic heterocycles. The van der Waals surface area contributed by atoms with Gasteiger partial charge in [-0.25, -0.2) is 0 Å². The highest BCUT2D eigenvalue weighted by molar-refractivity contribution is 9.10. The fraction of sp³-hybridized carbons (Fsp3) is 0.111. The van der Waals surface area contributed by atoms with Crippen LogP contribution in [-0.2, 0) is 6.30 Å². The molecule has 4 nitrogen and oxygen atoms in total. The Bertz CT molecular complexity index is 606. The first-order valence-corrected chi connectivity index (χ1v) is 5.12. The molecule has 2 aromatic rings. The molecule has 90 valence electrons. The number of nitro groups is 1. The predicted molar refractivity (Wildman–Crippen MR) is 57.6 cm³/mol. The molecule has 1 heterocycles. The normalized spacial score (nSPS) is 12.0. The van der Waals surface area contributed by atoms with Crippen molar-refractivity contribution < 1.29 is 18.1 Å². The zero-order valence-corrected chi connectivity index (χ0v) is 9.62. The molecule has 0 fully saturated rings. The van der Waals surface area contributed by atoms with Gasteiger partial charge in [-0.2, -0.15) is 0 Å². The number of non-ortho nitro benzene ring substituents is 1. The van der Waals surface area contributed by atoms with Crippen LogP contribution in [0.5, 0.6) is 0 Å². The monoisotopic (exact) mass is 308 g/mol. The molecule has 0 saturated carbocycles. The lowest BCUT2D eigenvalue weighted by Crippen LogP contribution is -2.14. The Hall–Kier alpha value is -1.57. The molecule has 0 aliphatic rings. The van der Waals surface area contributed by atoms with E-state index in [1.54, 1.807) is 0 Å². The van der Waals surface area contributed by atoms with E-state index in [1.807, 2.05) is 0 Å². The van der Waals surface area contributed by atoms with Gasteiger partial charge in [0.05, 0.1) is 10.4 Å². The van der Waals surface area contributed by atoms with Crippen molar-refractivity contribution in [3.63, 3.8) is 0 Å². The van der Waals surface area contributed by atoms with Crippen molar-refractivity contribution in [2.24, 2.45) is 0 Å². The number of rotatable bonds is 1.